The molecule has 4 rings (SSSR count). The van der Waals surface area contributed by atoms with Crippen LogP contribution in [0.1, 0.15) is 64.5 Å². The van der Waals surface area contributed by atoms with E-state index in [4.69, 9.17) is 18.9 Å². The lowest BCUT2D eigenvalue weighted by Gasteiger charge is -2.30. The first-order valence-corrected chi connectivity index (χ1v) is 20.7. The highest BCUT2D eigenvalue weighted by Gasteiger charge is 2.38. The van der Waals surface area contributed by atoms with Crippen LogP contribution in [0, 0.1) is 11.8 Å². The second-order valence-corrected chi connectivity index (χ2v) is 18.3. The van der Waals surface area contributed by atoms with E-state index in [2.05, 4.69) is 0 Å². The molecule has 0 heterocycles. The van der Waals surface area contributed by atoms with Crippen LogP contribution in [0.2, 0.25) is 0 Å². The Kier molecular flexibility index (Phi) is 12.5. The lowest BCUT2D eigenvalue weighted by atomic mass is 9.89. The molecule has 2 fully saturated rings. The van der Waals surface area contributed by atoms with Gasteiger partial charge in [-0.1, -0.05) is 24.3 Å². The quantitative estimate of drug-likeness (QED) is 0.118. The number of sulfone groups is 2. The summed E-state index contributed by atoms with van der Waals surface area (Å²) in [4.78, 5) is 51.3. The van der Waals surface area contributed by atoms with Crippen molar-refractivity contribution in [1.29, 1.82) is 0 Å². The zero-order valence-corrected chi connectivity index (χ0v) is 32.4. The van der Waals surface area contributed by atoms with Crippen molar-refractivity contribution in [2.45, 2.75) is 74.4 Å². The highest BCUT2D eigenvalue weighted by molar-refractivity contribution is 7.91. The van der Waals surface area contributed by atoms with E-state index < -0.39 is 66.3 Å². The Balaban J connectivity index is 1.62. The van der Waals surface area contributed by atoms with Crippen LogP contribution >= 0.6 is 0 Å². The van der Waals surface area contributed by atoms with Gasteiger partial charge in [-0.05, 0) is 101 Å². The Morgan fingerprint density at radius 2 is 0.907 bits per heavy atom. The Morgan fingerprint density at radius 3 is 1.15 bits per heavy atom. The fraction of sp³-hybridized carbons (Fsp3) is 0.421. The van der Waals surface area contributed by atoms with E-state index in [0.29, 0.717) is 0 Å². The summed E-state index contributed by atoms with van der Waals surface area (Å²) in [6, 6.07) is 10.6. The summed E-state index contributed by atoms with van der Waals surface area (Å²) in [6.45, 7) is 5.83. The SMILES string of the molecule is CC(C)(OC(=O)/C=C/C(=O)OC(C)(C)/C(=C(/OCC1CC1)C(=O)O)c1ccc(S(C)(=O)=O)cc1)/C(=C(/OCC1CC1)C(=O)O)c1ccc(S(C)(=O)=O)cc1. The number of esters is 2. The van der Waals surface area contributed by atoms with Crippen LogP contribution < -0.4 is 0 Å². The summed E-state index contributed by atoms with van der Waals surface area (Å²) in [6.07, 6.45) is 6.99. The molecule has 2 N–H and O–H groups in total. The first kappa shape index (κ1) is 41.8. The highest BCUT2D eigenvalue weighted by Crippen LogP contribution is 2.38. The Hall–Kier alpha value is -4.96. The van der Waals surface area contributed by atoms with Gasteiger partial charge < -0.3 is 29.2 Å². The Morgan fingerprint density at radius 1 is 0.611 bits per heavy atom. The van der Waals surface area contributed by atoms with Gasteiger partial charge in [0.2, 0.25) is 11.5 Å². The third kappa shape index (κ3) is 11.3. The molecule has 2 saturated carbocycles. The van der Waals surface area contributed by atoms with Crippen LogP contribution in [-0.4, -0.2) is 87.9 Å². The van der Waals surface area contributed by atoms with Gasteiger partial charge in [-0.15, -0.1) is 0 Å². The minimum absolute atomic E-state index is 0.0191. The predicted molar refractivity (Wildman–Crippen MR) is 195 cm³/mol. The molecule has 14 nitrogen and oxygen atoms in total. The molecule has 16 heteroatoms. The van der Waals surface area contributed by atoms with Crippen molar-refractivity contribution >= 4 is 54.7 Å². The molecule has 0 unspecified atom stereocenters. The molecule has 0 radical (unpaired) electrons. The molecular weight excluding hydrogens is 745 g/mol. The third-order valence-corrected chi connectivity index (χ3v) is 10.8. The van der Waals surface area contributed by atoms with Crippen LogP contribution in [0.25, 0.3) is 11.1 Å². The average Bonchev–Trinajstić information content (AvgIpc) is 3.99. The topological polar surface area (TPSA) is 214 Å². The zero-order valence-electron chi connectivity index (χ0n) is 30.8. The van der Waals surface area contributed by atoms with Crippen LogP contribution in [-0.2, 0) is 57.8 Å². The summed E-state index contributed by atoms with van der Waals surface area (Å²) < 4.78 is 71.0. The van der Waals surface area contributed by atoms with E-state index in [1.165, 1.54) is 76.2 Å². The summed E-state index contributed by atoms with van der Waals surface area (Å²) >= 11 is 0. The van der Waals surface area contributed by atoms with Crippen molar-refractivity contribution in [1.82, 2.24) is 0 Å². The molecule has 0 atom stereocenters. The van der Waals surface area contributed by atoms with E-state index in [9.17, 15) is 46.2 Å². The number of carbonyl (C=O) groups excluding carboxylic acids is 2. The van der Waals surface area contributed by atoms with Gasteiger partial charge in [0, 0.05) is 24.7 Å². The van der Waals surface area contributed by atoms with Crippen LogP contribution in [0.5, 0.6) is 0 Å². The number of ether oxygens (including phenoxy) is 4. The van der Waals surface area contributed by atoms with Gasteiger partial charge in [-0.25, -0.2) is 36.0 Å². The van der Waals surface area contributed by atoms with Crippen LogP contribution in [0.4, 0.5) is 0 Å². The lowest BCUT2D eigenvalue weighted by Crippen LogP contribution is -2.33. The van der Waals surface area contributed by atoms with Crippen molar-refractivity contribution < 1.29 is 65.2 Å². The van der Waals surface area contributed by atoms with E-state index >= 15 is 0 Å². The molecule has 54 heavy (non-hydrogen) atoms. The fourth-order valence-corrected chi connectivity index (χ4v) is 6.76. The molecule has 0 amide bonds. The molecular formula is C38H44O14S2. The van der Waals surface area contributed by atoms with Crippen molar-refractivity contribution in [2.75, 3.05) is 25.7 Å². The molecule has 0 aliphatic heterocycles. The molecule has 292 valence electrons. The number of carbonyl (C=O) groups is 4. The maximum absolute atomic E-state index is 13.2. The van der Waals surface area contributed by atoms with Gasteiger partial charge in [-0.2, -0.15) is 0 Å². The van der Waals surface area contributed by atoms with Crippen molar-refractivity contribution in [2.24, 2.45) is 11.8 Å². The normalized spacial score (nSPS) is 16.2. The highest BCUT2D eigenvalue weighted by atomic mass is 32.2. The number of carboxylic acid groups (broad SMARTS) is 2. The maximum atomic E-state index is 13.2. The summed E-state index contributed by atoms with van der Waals surface area (Å²) in [5.74, 6) is -5.74. The molecule has 0 aromatic heterocycles. The molecule has 0 saturated heterocycles. The van der Waals surface area contributed by atoms with Gasteiger partial charge in [0.1, 0.15) is 11.2 Å². The van der Waals surface area contributed by atoms with Gasteiger partial charge in [0.15, 0.2) is 19.7 Å². The minimum atomic E-state index is -3.58. The number of hydrogen-bond donors (Lipinski definition) is 2. The second kappa shape index (κ2) is 16.2. The zero-order chi connectivity index (χ0) is 40.2. The monoisotopic (exact) mass is 788 g/mol. The number of aliphatic carboxylic acids is 2. The molecule has 0 bridgehead atoms. The molecule has 2 aromatic rings. The summed E-state index contributed by atoms with van der Waals surface area (Å²) in [5, 5.41) is 20.3. The van der Waals surface area contributed by atoms with Crippen molar-refractivity contribution in [3.8, 4) is 0 Å². The van der Waals surface area contributed by atoms with Gasteiger partial charge in [-0.3, -0.25) is 0 Å². The van der Waals surface area contributed by atoms with E-state index in [1.54, 1.807) is 0 Å². The maximum Gasteiger partial charge on any atom is 0.371 e. The Labute approximate surface area is 314 Å². The Bertz CT molecular complexity index is 1950. The molecule has 2 aliphatic carbocycles. The third-order valence-electron chi connectivity index (χ3n) is 8.58. The smallest absolute Gasteiger partial charge is 0.371 e. The molecule has 2 aliphatic rings. The van der Waals surface area contributed by atoms with Gasteiger partial charge in [0.25, 0.3) is 0 Å². The number of benzene rings is 2. The summed E-state index contributed by atoms with van der Waals surface area (Å²) in [7, 11) is -7.17. The largest absolute Gasteiger partial charge is 0.486 e. The lowest BCUT2D eigenvalue weighted by molar-refractivity contribution is -0.149. The fourth-order valence-electron chi connectivity index (χ4n) is 5.50. The van der Waals surface area contributed by atoms with Gasteiger partial charge in [0.05, 0.1) is 34.2 Å². The first-order chi connectivity index (χ1) is 25.0. The van der Waals surface area contributed by atoms with Gasteiger partial charge >= 0.3 is 23.9 Å². The van der Waals surface area contributed by atoms with E-state index in [0.717, 1.165) is 50.3 Å². The number of rotatable bonds is 18. The van der Waals surface area contributed by atoms with Crippen molar-refractivity contribution in [3.63, 3.8) is 0 Å². The van der Waals surface area contributed by atoms with Crippen LogP contribution in [0.3, 0.4) is 0 Å². The molecule has 0 spiro atoms. The van der Waals surface area contributed by atoms with Crippen molar-refractivity contribution in [3.05, 3.63) is 83.3 Å². The number of hydrogen-bond acceptors (Lipinski definition) is 12. The number of carboxylic acids is 2. The summed E-state index contributed by atoms with van der Waals surface area (Å²) in [5.41, 5.74) is -3.13. The van der Waals surface area contributed by atoms with Crippen LogP contribution in [0.15, 0.2) is 82.0 Å². The first-order valence-electron chi connectivity index (χ1n) is 17.0. The standard InChI is InChI=1S/C38H44O14S2/c1-37(2,31(33(35(41)42)49-21-23-7-8-23)25-11-15-27(16-12-25)53(5,45)46)51-29(39)19-20-30(40)52-38(3,4)32(34(36(43)44)50-22-24-9-10-24)26-13-17-28(18-14-26)54(6,47)48/h11-20,23-24H,7-10,21-22H2,1-6H3,(H,41,42)(H,43,44)/b20-19+,33-31+,34-32+. The molecule has 2 aromatic carbocycles. The second-order valence-electron chi connectivity index (χ2n) is 14.3. The average molecular weight is 789 g/mol. The minimum Gasteiger partial charge on any atom is -0.486 e. The van der Waals surface area contributed by atoms with E-state index in [1.807, 2.05) is 0 Å². The van der Waals surface area contributed by atoms with E-state index in [-0.39, 0.29) is 57.1 Å². The predicted octanol–water partition coefficient (Wildman–Crippen LogP) is 4.84.